The summed E-state index contributed by atoms with van der Waals surface area (Å²) in [4.78, 5) is 29.7. The van der Waals surface area contributed by atoms with Gasteiger partial charge in [0, 0.05) is 32.6 Å². The number of hydrogen-bond donors (Lipinski definition) is 0. The first-order valence-electron chi connectivity index (χ1n) is 10.3. The molecular weight excluding hydrogens is 352 g/mol. The third-order valence-corrected chi connectivity index (χ3v) is 6.69. The van der Waals surface area contributed by atoms with Crippen LogP contribution in [-0.2, 0) is 4.79 Å². The molecule has 2 bridgehead atoms. The Morgan fingerprint density at radius 3 is 2.39 bits per heavy atom. The molecule has 3 aliphatic carbocycles. The number of nitrogens with zero attached hydrogens (tertiary/aromatic N) is 4. The third-order valence-electron chi connectivity index (χ3n) is 6.69. The number of aromatic nitrogens is 2. The highest BCUT2D eigenvalue weighted by Gasteiger charge is 2.57. The fourth-order valence-corrected chi connectivity index (χ4v) is 5.08. The second kappa shape index (κ2) is 6.76. The van der Waals surface area contributed by atoms with Crippen LogP contribution in [0.3, 0.4) is 0 Å². The molecule has 146 valence electrons. The van der Waals surface area contributed by atoms with E-state index in [9.17, 15) is 9.59 Å². The molecule has 0 radical (unpaired) electrons. The second-order valence-electron chi connectivity index (χ2n) is 8.65. The lowest BCUT2D eigenvalue weighted by Gasteiger charge is -2.62. The van der Waals surface area contributed by atoms with Gasteiger partial charge in [-0.25, -0.2) is 4.68 Å². The number of carbonyl (C=O) groups excluding carboxylic acids is 2. The average molecular weight is 378 g/mol. The van der Waals surface area contributed by atoms with Crippen LogP contribution in [0, 0.1) is 11.3 Å². The first-order valence-corrected chi connectivity index (χ1v) is 10.3. The van der Waals surface area contributed by atoms with Gasteiger partial charge in [0.1, 0.15) is 5.69 Å². The Bertz CT molecular complexity index is 874. The van der Waals surface area contributed by atoms with Crippen LogP contribution in [0.1, 0.15) is 42.6 Å². The maximum Gasteiger partial charge on any atom is 0.272 e. The summed E-state index contributed by atoms with van der Waals surface area (Å²) in [7, 11) is 0. The molecule has 1 saturated heterocycles. The van der Waals surface area contributed by atoms with Crippen molar-refractivity contribution >= 4 is 11.8 Å². The Morgan fingerprint density at radius 1 is 0.964 bits per heavy atom. The van der Waals surface area contributed by atoms with E-state index in [-0.39, 0.29) is 11.8 Å². The van der Waals surface area contributed by atoms with E-state index < -0.39 is 0 Å². The molecule has 1 aliphatic heterocycles. The van der Waals surface area contributed by atoms with Crippen molar-refractivity contribution in [2.75, 3.05) is 26.2 Å². The van der Waals surface area contributed by atoms with E-state index >= 15 is 0 Å². The first-order chi connectivity index (χ1) is 13.6. The van der Waals surface area contributed by atoms with Gasteiger partial charge in [-0.15, -0.1) is 0 Å². The lowest BCUT2D eigenvalue weighted by Crippen LogP contribution is -2.54. The van der Waals surface area contributed by atoms with Crippen molar-refractivity contribution in [2.24, 2.45) is 11.3 Å². The molecule has 0 unspecified atom stereocenters. The third kappa shape index (κ3) is 3.01. The normalized spacial score (nSPS) is 26.2. The van der Waals surface area contributed by atoms with Gasteiger partial charge >= 0.3 is 0 Å². The first kappa shape index (κ1) is 17.5. The molecule has 0 atom stereocenters. The maximum absolute atomic E-state index is 13.1. The summed E-state index contributed by atoms with van der Waals surface area (Å²) in [6.45, 7) is 2.64. The van der Waals surface area contributed by atoms with Gasteiger partial charge in [0.25, 0.3) is 5.91 Å². The summed E-state index contributed by atoms with van der Waals surface area (Å²) in [5, 5.41) is 4.33. The molecule has 2 heterocycles. The minimum absolute atomic E-state index is 0.0185. The van der Waals surface area contributed by atoms with Gasteiger partial charge in [-0.3, -0.25) is 9.59 Å². The van der Waals surface area contributed by atoms with E-state index in [4.69, 9.17) is 0 Å². The van der Waals surface area contributed by atoms with Crippen molar-refractivity contribution in [3.05, 3.63) is 48.3 Å². The molecular formula is C22H26N4O2. The monoisotopic (exact) mass is 378 g/mol. The van der Waals surface area contributed by atoms with Crippen LogP contribution in [0.15, 0.2) is 42.6 Å². The zero-order valence-corrected chi connectivity index (χ0v) is 16.1. The molecule has 4 aliphatic rings. The lowest BCUT2D eigenvalue weighted by atomic mass is 9.43. The Hall–Kier alpha value is -2.63. The molecule has 2 amide bonds. The summed E-state index contributed by atoms with van der Waals surface area (Å²) < 4.78 is 1.69. The highest BCUT2D eigenvalue weighted by atomic mass is 16.2. The van der Waals surface area contributed by atoms with E-state index in [2.05, 4.69) is 5.10 Å². The van der Waals surface area contributed by atoms with Gasteiger partial charge in [-0.2, -0.15) is 5.10 Å². The SMILES string of the molecule is O=C(CC12CC(C1)C2)N1CCCN(C(=O)c2ccnn2-c2ccccc2)CC1. The van der Waals surface area contributed by atoms with Crippen molar-refractivity contribution in [1.29, 1.82) is 0 Å². The Labute approximate surface area is 165 Å². The summed E-state index contributed by atoms with van der Waals surface area (Å²) in [5.41, 5.74) is 1.78. The topological polar surface area (TPSA) is 58.4 Å². The molecule has 2 aromatic rings. The molecule has 6 heteroatoms. The standard InChI is InChI=1S/C22H26N4O2/c27-20(16-22-13-17(14-22)15-22)24-9-4-10-25(12-11-24)21(28)19-7-8-23-26(19)18-5-2-1-3-6-18/h1-3,5-8,17H,4,9-16H2. The van der Waals surface area contributed by atoms with E-state index in [1.165, 1.54) is 19.3 Å². The van der Waals surface area contributed by atoms with Gasteiger partial charge in [-0.05, 0) is 55.2 Å². The summed E-state index contributed by atoms with van der Waals surface area (Å²) >= 11 is 0. The molecule has 1 aromatic heterocycles. The highest BCUT2D eigenvalue weighted by molar-refractivity contribution is 5.93. The lowest BCUT2D eigenvalue weighted by molar-refractivity contribution is -0.152. The quantitative estimate of drug-likeness (QED) is 0.822. The predicted octanol–water partition coefficient (Wildman–Crippen LogP) is 2.74. The zero-order chi connectivity index (χ0) is 19.1. The average Bonchev–Trinajstić information content (AvgIpc) is 3.01. The van der Waals surface area contributed by atoms with Crippen molar-refractivity contribution in [1.82, 2.24) is 19.6 Å². The minimum Gasteiger partial charge on any atom is -0.341 e. The Balaban J connectivity index is 1.24. The van der Waals surface area contributed by atoms with Crippen molar-refractivity contribution in [3.63, 3.8) is 0 Å². The van der Waals surface area contributed by atoms with Gasteiger partial charge in [0.15, 0.2) is 0 Å². The van der Waals surface area contributed by atoms with Crippen molar-refractivity contribution < 1.29 is 9.59 Å². The number of benzene rings is 1. The number of amides is 2. The van der Waals surface area contributed by atoms with Crippen LogP contribution < -0.4 is 0 Å². The van der Waals surface area contributed by atoms with E-state index in [1.807, 2.05) is 40.1 Å². The molecule has 6 nitrogen and oxygen atoms in total. The summed E-state index contributed by atoms with van der Waals surface area (Å²) in [6.07, 6.45) is 6.95. The Morgan fingerprint density at radius 2 is 1.68 bits per heavy atom. The molecule has 28 heavy (non-hydrogen) atoms. The number of hydrogen-bond acceptors (Lipinski definition) is 3. The van der Waals surface area contributed by atoms with Crippen LogP contribution in [0.4, 0.5) is 0 Å². The Kier molecular flexibility index (Phi) is 4.22. The van der Waals surface area contributed by atoms with E-state index in [0.717, 1.165) is 24.6 Å². The fraction of sp³-hybridized carbons (Fsp3) is 0.500. The van der Waals surface area contributed by atoms with Crippen LogP contribution in [0.5, 0.6) is 0 Å². The summed E-state index contributed by atoms with van der Waals surface area (Å²) in [5.74, 6) is 1.16. The smallest absolute Gasteiger partial charge is 0.272 e. The van der Waals surface area contributed by atoms with Gasteiger partial charge < -0.3 is 9.80 Å². The number of para-hydroxylation sites is 1. The largest absolute Gasteiger partial charge is 0.341 e. The van der Waals surface area contributed by atoms with Gasteiger partial charge in [0.05, 0.1) is 11.9 Å². The highest BCUT2D eigenvalue weighted by Crippen LogP contribution is 2.66. The molecule has 3 saturated carbocycles. The van der Waals surface area contributed by atoms with Crippen molar-refractivity contribution in [3.8, 4) is 5.69 Å². The number of carbonyl (C=O) groups is 2. The zero-order valence-electron chi connectivity index (χ0n) is 16.1. The summed E-state index contributed by atoms with van der Waals surface area (Å²) in [6, 6.07) is 11.5. The fourth-order valence-electron chi connectivity index (χ4n) is 5.08. The van der Waals surface area contributed by atoms with Crippen LogP contribution in [-0.4, -0.2) is 57.6 Å². The maximum atomic E-state index is 13.1. The molecule has 4 fully saturated rings. The molecule has 0 N–H and O–H groups in total. The molecule has 1 aromatic carbocycles. The second-order valence-corrected chi connectivity index (χ2v) is 8.65. The molecule has 0 spiro atoms. The number of rotatable bonds is 4. The molecule has 6 rings (SSSR count). The van der Waals surface area contributed by atoms with Crippen molar-refractivity contribution in [2.45, 2.75) is 32.1 Å². The van der Waals surface area contributed by atoms with Gasteiger partial charge in [0.2, 0.25) is 5.91 Å². The van der Waals surface area contributed by atoms with Crippen LogP contribution in [0.2, 0.25) is 0 Å². The van der Waals surface area contributed by atoms with Crippen LogP contribution >= 0.6 is 0 Å². The predicted molar refractivity (Wildman–Crippen MR) is 105 cm³/mol. The van der Waals surface area contributed by atoms with E-state index in [1.54, 1.807) is 16.9 Å². The van der Waals surface area contributed by atoms with Crippen LogP contribution in [0.25, 0.3) is 5.69 Å². The van der Waals surface area contributed by atoms with Gasteiger partial charge in [-0.1, -0.05) is 18.2 Å². The van der Waals surface area contributed by atoms with E-state index in [0.29, 0.717) is 37.2 Å². The minimum atomic E-state index is -0.0185.